The van der Waals surface area contributed by atoms with Crippen molar-refractivity contribution < 1.29 is 0 Å². The van der Waals surface area contributed by atoms with Crippen LogP contribution < -0.4 is 5.32 Å². The number of aromatic nitrogens is 2. The van der Waals surface area contributed by atoms with Crippen LogP contribution in [-0.4, -0.2) is 15.6 Å². The number of nitrogens with one attached hydrogen (secondary N) is 1. The number of hydrogen-bond donors (Lipinski definition) is 1. The van der Waals surface area contributed by atoms with Crippen LogP contribution in [0.4, 0.5) is 0 Å². The molecule has 0 amide bonds. The number of benzene rings is 1. The highest BCUT2D eigenvalue weighted by atomic mass is 15.0. The van der Waals surface area contributed by atoms with Gasteiger partial charge in [0.2, 0.25) is 0 Å². The molecule has 0 aliphatic heterocycles. The predicted molar refractivity (Wildman–Crippen MR) is 81.3 cm³/mol. The molecule has 1 aliphatic rings. The molecule has 0 bridgehead atoms. The van der Waals surface area contributed by atoms with Gasteiger partial charge in [0.1, 0.15) is 0 Å². The molecule has 1 aromatic carbocycles. The molecule has 0 spiro atoms. The molecule has 20 heavy (non-hydrogen) atoms. The van der Waals surface area contributed by atoms with Crippen LogP contribution in [0.5, 0.6) is 0 Å². The van der Waals surface area contributed by atoms with E-state index in [1.807, 2.05) is 12.5 Å². The van der Waals surface area contributed by atoms with Crippen LogP contribution in [0.3, 0.4) is 0 Å². The van der Waals surface area contributed by atoms with E-state index in [4.69, 9.17) is 0 Å². The van der Waals surface area contributed by atoms with Crippen LogP contribution in [-0.2, 0) is 20.0 Å². The monoisotopic (exact) mass is 269 g/mol. The summed E-state index contributed by atoms with van der Waals surface area (Å²) in [7, 11) is 2.05. The molecule has 106 valence electrons. The van der Waals surface area contributed by atoms with E-state index in [0.29, 0.717) is 6.04 Å². The molecule has 0 radical (unpaired) electrons. The number of aryl methyl sites for hydroxylation is 1. The molecule has 1 aromatic heterocycles. The molecule has 1 heterocycles. The Kier molecular flexibility index (Phi) is 4.16. The van der Waals surface area contributed by atoms with Crippen molar-refractivity contribution in [1.29, 1.82) is 0 Å². The van der Waals surface area contributed by atoms with Crippen molar-refractivity contribution >= 4 is 0 Å². The van der Waals surface area contributed by atoms with Crippen LogP contribution >= 0.6 is 0 Å². The van der Waals surface area contributed by atoms with Gasteiger partial charge in [-0.25, -0.2) is 4.98 Å². The molecule has 3 nitrogen and oxygen atoms in total. The standard InChI is InChI=1S/C17H23N3/c1-20-13-18-11-17(20)12-19-16-8-7-15(10-16)9-14-5-3-2-4-6-14/h2-6,11,13,15-16,19H,7-10,12H2,1H3/t15-,16+/m0/s1. The van der Waals surface area contributed by atoms with Crippen LogP contribution in [0.2, 0.25) is 0 Å². The Bertz CT molecular complexity index is 532. The van der Waals surface area contributed by atoms with Gasteiger partial charge in [0, 0.05) is 25.8 Å². The summed E-state index contributed by atoms with van der Waals surface area (Å²) >= 11 is 0. The Hall–Kier alpha value is -1.61. The third-order valence-corrected chi connectivity index (χ3v) is 4.40. The molecule has 1 aliphatic carbocycles. The number of imidazole rings is 1. The summed E-state index contributed by atoms with van der Waals surface area (Å²) in [5.74, 6) is 0.835. The van der Waals surface area contributed by atoms with Gasteiger partial charge < -0.3 is 9.88 Å². The Morgan fingerprint density at radius 1 is 1.25 bits per heavy atom. The lowest BCUT2D eigenvalue weighted by Gasteiger charge is -2.13. The fourth-order valence-corrected chi connectivity index (χ4v) is 3.20. The van der Waals surface area contributed by atoms with Gasteiger partial charge in [-0.05, 0) is 37.2 Å². The van der Waals surface area contributed by atoms with Gasteiger partial charge in [0.05, 0.1) is 12.0 Å². The first-order valence-corrected chi connectivity index (χ1v) is 7.54. The van der Waals surface area contributed by atoms with Gasteiger partial charge in [0.25, 0.3) is 0 Å². The second kappa shape index (κ2) is 6.23. The molecular weight excluding hydrogens is 246 g/mol. The molecule has 2 aromatic rings. The maximum absolute atomic E-state index is 4.16. The molecule has 1 saturated carbocycles. The molecule has 3 rings (SSSR count). The fraction of sp³-hybridized carbons (Fsp3) is 0.471. The van der Waals surface area contributed by atoms with E-state index >= 15 is 0 Å². The Morgan fingerprint density at radius 2 is 2.10 bits per heavy atom. The minimum atomic E-state index is 0.665. The Balaban J connectivity index is 1.46. The summed E-state index contributed by atoms with van der Waals surface area (Å²) < 4.78 is 2.09. The summed E-state index contributed by atoms with van der Waals surface area (Å²) in [5, 5.41) is 3.68. The van der Waals surface area contributed by atoms with Gasteiger partial charge in [-0.1, -0.05) is 30.3 Å². The van der Waals surface area contributed by atoms with Crippen molar-refractivity contribution in [2.75, 3.05) is 0 Å². The molecule has 0 saturated heterocycles. The van der Waals surface area contributed by atoms with Crippen molar-refractivity contribution in [3.8, 4) is 0 Å². The maximum Gasteiger partial charge on any atom is 0.0945 e. The summed E-state index contributed by atoms with van der Waals surface area (Å²) in [6, 6.07) is 11.5. The van der Waals surface area contributed by atoms with Crippen LogP contribution in [0.1, 0.15) is 30.5 Å². The van der Waals surface area contributed by atoms with Crippen LogP contribution in [0, 0.1) is 5.92 Å². The summed E-state index contributed by atoms with van der Waals surface area (Å²) in [6.07, 6.45) is 8.98. The van der Waals surface area contributed by atoms with Crippen LogP contribution in [0.25, 0.3) is 0 Å². The van der Waals surface area contributed by atoms with Gasteiger partial charge in [-0.2, -0.15) is 0 Å². The molecule has 0 unspecified atom stereocenters. The van der Waals surface area contributed by atoms with Gasteiger partial charge in [0.15, 0.2) is 0 Å². The molecular formula is C17H23N3. The Morgan fingerprint density at radius 3 is 2.85 bits per heavy atom. The number of hydrogen-bond acceptors (Lipinski definition) is 2. The largest absolute Gasteiger partial charge is 0.337 e. The van der Waals surface area contributed by atoms with E-state index in [0.717, 1.165) is 12.5 Å². The van der Waals surface area contributed by atoms with E-state index in [-0.39, 0.29) is 0 Å². The summed E-state index contributed by atoms with van der Waals surface area (Å²) in [4.78, 5) is 4.16. The quantitative estimate of drug-likeness (QED) is 0.904. The van der Waals surface area contributed by atoms with E-state index in [9.17, 15) is 0 Å². The zero-order valence-electron chi connectivity index (χ0n) is 12.1. The van der Waals surface area contributed by atoms with Crippen molar-refractivity contribution in [2.24, 2.45) is 13.0 Å². The fourth-order valence-electron chi connectivity index (χ4n) is 3.20. The first-order valence-electron chi connectivity index (χ1n) is 7.54. The van der Waals surface area contributed by atoms with Crippen molar-refractivity contribution in [2.45, 2.75) is 38.3 Å². The minimum absolute atomic E-state index is 0.665. The van der Waals surface area contributed by atoms with E-state index < -0.39 is 0 Å². The lowest BCUT2D eigenvalue weighted by molar-refractivity contribution is 0.478. The normalized spacial score (nSPS) is 22.2. The average molecular weight is 269 g/mol. The van der Waals surface area contributed by atoms with E-state index in [2.05, 4.69) is 52.2 Å². The topological polar surface area (TPSA) is 29.9 Å². The maximum atomic E-state index is 4.16. The second-order valence-corrected chi connectivity index (χ2v) is 5.94. The minimum Gasteiger partial charge on any atom is -0.337 e. The number of rotatable bonds is 5. The highest BCUT2D eigenvalue weighted by Crippen LogP contribution is 2.28. The Labute approximate surface area is 121 Å². The van der Waals surface area contributed by atoms with E-state index in [1.54, 1.807) is 0 Å². The van der Waals surface area contributed by atoms with Crippen molar-refractivity contribution in [3.05, 3.63) is 54.1 Å². The third kappa shape index (κ3) is 3.28. The first-order chi connectivity index (χ1) is 9.81. The number of nitrogens with zero attached hydrogens (tertiary/aromatic N) is 2. The zero-order valence-corrected chi connectivity index (χ0v) is 12.1. The smallest absolute Gasteiger partial charge is 0.0945 e. The van der Waals surface area contributed by atoms with Crippen molar-refractivity contribution in [1.82, 2.24) is 14.9 Å². The zero-order chi connectivity index (χ0) is 13.8. The van der Waals surface area contributed by atoms with Crippen molar-refractivity contribution in [3.63, 3.8) is 0 Å². The van der Waals surface area contributed by atoms with Gasteiger partial charge >= 0.3 is 0 Å². The molecule has 3 heteroatoms. The highest BCUT2D eigenvalue weighted by Gasteiger charge is 2.24. The van der Waals surface area contributed by atoms with E-state index in [1.165, 1.54) is 36.9 Å². The van der Waals surface area contributed by atoms with Gasteiger partial charge in [-0.3, -0.25) is 0 Å². The second-order valence-electron chi connectivity index (χ2n) is 5.94. The molecule has 1 fully saturated rings. The summed E-state index contributed by atoms with van der Waals surface area (Å²) in [6.45, 7) is 0.930. The molecule has 1 N–H and O–H groups in total. The highest BCUT2D eigenvalue weighted by molar-refractivity contribution is 5.15. The molecule has 2 atom stereocenters. The third-order valence-electron chi connectivity index (χ3n) is 4.40. The average Bonchev–Trinajstić information content (AvgIpc) is 3.07. The SMILES string of the molecule is Cn1cncc1CN[C@@H]1CC[C@@H](Cc2ccccc2)C1. The lowest BCUT2D eigenvalue weighted by Crippen LogP contribution is -2.26. The van der Waals surface area contributed by atoms with Gasteiger partial charge in [-0.15, -0.1) is 0 Å². The summed E-state index contributed by atoms with van der Waals surface area (Å²) in [5.41, 5.74) is 2.74. The predicted octanol–water partition coefficient (Wildman–Crippen LogP) is 2.92. The first kappa shape index (κ1) is 13.4. The van der Waals surface area contributed by atoms with Crippen LogP contribution in [0.15, 0.2) is 42.9 Å². The lowest BCUT2D eigenvalue weighted by atomic mass is 9.98.